The van der Waals surface area contributed by atoms with Gasteiger partial charge >= 0.3 is 0 Å². The van der Waals surface area contributed by atoms with Crippen molar-refractivity contribution in [2.45, 2.75) is 6.42 Å². The van der Waals surface area contributed by atoms with Crippen LogP contribution in [0.25, 0.3) is 16.6 Å². The van der Waals surface area contributed by atoms with Gasteiger partial charge in [0.25, 0.3) is 11.7 Å². The van der Waals surface area contributed by atoms with E-state index >= 15 is 0 Å². The predicted octanol–water partition coefficient (Wildman–Crippen LogP) is 3.92. The number of carbonyl (C=O) groups excluding carboxylic acids is 3. The van der Waals surface area contributed by atoms with Gasteiger partial charge in [-0.1, -0.05) is 36.4 Å². The fourth-order valence-electron chi connectivity index (χ4n) is 3.80. The maximum absolute atomic E-state index is 13.2. The van der Waals surface area contributed by atoms with E-state index in [1.807, 2.05) is 54.6 Å². The predicted molar refractivity (Wildman–Crippen MR) is 115 cm³/mol. The van der Waals surface area contributed by atoms with Gasteiger partial charge in [0.2, 0.25) is 5.91 Å². The van der Waals surface area contributed by atoms with Crippen LogP contribution >= 0.6 is 0 Å². The lowest BCUT2D eigenvalue weighted by atomic mass is 10.0. The number of nitrogens with zero attached hydrogens (tertiary/aromatic N) is 1. The van der Waals surface area contributed by atoms with Crippen molar-refractivity contribution in [3.05, 3.63) is 90.3 Å². The molecule has 6 heteroatoms. The molecule has 2 N–H and O–H groups in total. The standard InChI is InChI=1S/C24H17N3O3/c28-21-13-16-12-17(9-10-20(16)26-21)25-24(30)23(29)22-19(15-6-2-1-3-7-15)14-18-8-4-5-11-27(18)22/h1-12,14H,13H2,(H,25,30)(H,26,28). The van der Waals surface area contributed by atoms with Crippen LogP contribution in [0.4, 0.5) is 11.4 Å². The molecule has 1 aliphatic rings. The highest BCUT2D eigenvalue weighted by atomic mass is 16.2. The molecule has 3 heterocycles. The summed E-state index contributed by atoms with van der Waals surface area (Å²) in [5, 5.41) is 5.42. The molecular formula is C24H17N3O3. The number of ketones is 1. The molecule has 0 saturated heterocycles. The van der Waals surface area contributed by atoms with Crippen molar-refractivity contribution in [2.75, 3.05) is 10.6 Å². The number of Topliss-reactive ketones (excluding diaryl/α,β-unsaturated/α-hetero) is 1. The second kappa shape index (κ2) is 7.00. The molecule has 2 amide bonds. The zero-order valence-corrected chi connectivity index (χ0v) is 15.9. The Bertz CT molecular complexity index is 1320. The molecule has 2 aromatic heterocycles. The summed E-state index contributed by atoms with van der Waals surface area (Å²) in [6.07, 6.45) is 2.03. The smallest absolute Gasteiger partial charge is 0.298 e. The number of benzene rings is 2. The Morgan fingerprint density at radius 3 is 2.57 bits per heavy atom. The summed E-state index contributed by atoms with van der Waals surface area (Å²) in [7, 11) is 0. The van der Waals surface area contributed by atoms with Gasteiger partial charge in [-0.2, -0.15) is 0 Å². The molecule has 0 spiro atoms. The molecule has 146 valence electrons. The summed E-state index contributed by atoms with van der Waals surface area (Å²) < 4.78 is 1.73. The van der Waals surface area contributed by atoms with Crippen LogP contribution < -0.4 is 10.6 Å². The van der Waals surface area contributed by atoms with Gasteiger partial charge in [0, 0.05) is 28.7 Å². The van der Waals surface area contributed by atoms with E-state index in [9.17, 15) is 14.4 Å². The van der Waals surface area contributed by atoms with Crippen molar-refractivity contribution >= 4 is 34.5 Å². The molecule has 6 nitrogen and oxygen atoms in total. The Labute approximate surface area is 172 Å². The van der Waals surface area contributed by atoms with Gasteiger partial charge in [-0.05, 0) is 47.5 Å². The van der Waals surface area contributed by atoms with Gasteiger partial charge in [-0.3, -0.25) is 14.4 Å². The summed E-state index contributed by atoms with van der Waals surface area (Å²) in [4.78, 5) is 37.6. The maximum atomic E-state index is 13.2. The minimum Gasteiger partial charge on any atom is -0.326 e. The molecule has 0 atom stereocenters. The number of anilines is 2. The zero-order chi connectivity index (χ0) is 20.7. The van der Waals surface area contributed by atoms with Gasteiger partial charge in [0.1, 0.15) is 5.69 Å². The monoisotopic (exact) mass is 395 g/mol. The lowest BCUT2D eigenvalue weighted by Gasteiger charge is -2.09. The van der Waals surface area contributed by atoms with Crippen molar-refractivity contribution < 1.29 is 14.4 Å². The van der Waals surface area contributed by atoms with E-state index in [2.05, 4.69) is 10.6 Å². The first kappa shape index (κ1) is 17.9. The van der Waals surface area contributed by atoms with Crippen LogP contribution in [-0.2, 0) is 16.0 Å². The summed E-state index contributed by atoms with van der Waals surface area (Å²) in [6.45, 7) is 0. The van der Waals surface area contributed by atoms with E-state index in [1.54, 1.807) is 28.8 Å². The molecule has 0 radical (unpaired) electrons. The maximum Gasteiger partial charge on any atom is 0.298 e. The molecule has 30 heavy (non-hydrogen) atoms. The third-order valence-corrected chi connectivity index (χ3v) is 5.17. The molecule has 4 aromatic rings. The van der Waals surface area contributed by atoms with E-state index in [1.165, 1.54) is 0 Å². The van der Waals surface area contributed by atoms with Crippen LogP contribution in [0, 0.1) is 0 Å². The van der Waals surface area contributed by atoms with Gasteiger partial charge in [-0.15, -0.1) is 0 Å². The molecule has 0 bridgehead atoms. The third-order valence-electron chi connectivity index (χ3n) is 5.17. The number of carbonyl (C=O) groups is 3. The second-order valence-corrected chi connectivity index (χ2v) is 7.15. The minimum absolute atomic E-state index is 0.0864. The number of pyridine rings is 1. The molecule has 0 saturated carbocycles. The van der Waals surface area contributed by atoms with Crippen LogP contribution in [0.2, 0.25) is 0 Å². The number of hydrogen-bond acceptors (Lipinski definition) is 3. The van der Waals surface area contributed by atoms with E-state index < -0.39 is 11.7 Å². The number of fused-ring (bicyclic) bond motifs is 2. The Balaban J connectivity index is 1.51. The van der Waals surface area contributed by atoms with E-state index in [4.69, 9.17) is 0 Å². The number of rotatable bonds is 4. The van der Waals surface area contributed by atoms with Gasteiger partial charge in [0.15, 0.2) is 0 Å². The van der Waals surface area contributed by atoms with E-state index in [-0.39, 0.29) is 12.3 Å². The molecule has 2 aromatic carbocycles. The van der Waals surface area contributed by atoms with E-state index in [0.717, 1.165) is 22.3 Å². The average molecular weight is 395 g/mol. The lowest BCUT2D eigenvalue weighted by Crippen LogP contribution is -2.24. The van der Waals surface area contributed by atoms with Gasteiger partial charge < -0.3 is 15.0 Å². The Morgan fingerprint density at radius 1 is 0.933 bits per heavy atom. The molecule has 5 rings (SSSR count). The molecule has 0 aliphatic carbocycles. The van der Waals surface area contributed by atoms with Crippen molar-refractivity contribution in [3.8, 4) is 11.1 Å². The van der Waals surface area contributed by atoms with Crippen LogP contribution in [0.1, 0.15) is 16.1 Å². The minimum atomic E-state index is -0.728. The largest absolute Gasteiger partial charge is 0.326 e. The highest BCUT2D eigenvalue weighted by Crippen LogP contribution is 2.29. The lowest BCUT2D eigenvalue weighted by molar-refractivity contribution is -0.115. The molecule has 0 fully saturated rings. The number of aromatic nitrogens is 1. The van der Waals surface area contributed by atoms with Crippen molar-refractivity contribution in [1.29, 1.82) is 0 Å². The summed E-state index contributed by atoms with van der Waals surface area (Å²) >= 11 is 0. The normalized spacial score (nSPS) is 12.5. The first-order valence-electron chi connectivity index (χ1n) is 9.54. The quantitative estimate of drug-likeness (QED) is 0.406. The first-order valence-corrected chi connectivity index (χ1v) is 9.54. The van der Waals surface area contributed by atoms with Crippen LogP contribution in [0.15, 0.2) is 79.0 Å². The number of nitrogens with one attached hydrogen (secondary N) is 2. The summed E-state index contributed by atoms with van der Waals surface area (Å²) in [5.41, 5.74) is 4.70. The number of hydrogen-bond donors (Lipinski definition) is 2. The summed E-state index contributed by atoms with van der Waals surface area (Å²) in [6, 6.07) is 22.1. The Morgan fingerprint density at radius 2 is 1.73 bits per heavy atom. The first-order chi connectivity index (χ1) is 14.6. The topological polar surface area (TPSA) is 79.7 Å². The fraction of sp³-hybridized carbons (Fsp3) is 0.0417. The number of amides is 2. The third kappa shape index (κ3) is 3.04. The van der Waals surface area contributed by atoms with Crippen molar-refractivity contribution in [1.82, 2.24) is 4.40 Å². The van der Waals surface area contributed by atoms with Crippen LogP contribution in [0.5, 0.6) is 0 Å². The fourth-order valence-corrected chi connectivity index (χ4v) is 3.80. The van der Waals surface area contributed by atoms with Crippen LogP contribution in [0.3, 0.4) is 0 Å². The van der Waals surface area contributed by atoms with Gasteiger partial charge in [-0.25, -0.2) is 0 Å². The SMILES string of the molecule is O=C1Cc2cc(NC(=O)C(=O)c3c(-c4ccccc4)cc4ccccn34)ccc2N1. The van der Waals surface area contributed by atoms with Gasteiger partial charge in [0.05, 0.1) is 6.42 Å². The average Bonchev–Trinajstić information content (AvgIpc) is 3.33. The molecular weight excluding hydrogens is 378 g/mol. The van der Waals surface area contributed by atoms with Crippen LogP contribution in [-0.4, -0.2) is 22.0 Å². The highest BCUT2D eigenvalue weighted by molar-refractivity contribution is 6.47. The molecule has 1 aliphatic heterocycles. The highest BCUT2D eigenvalue weighted by Gasteiger charge is 2.25. The zero-order valence-electron chi connectivity index (χ0n) is 15.9. The second-order valence-electron chi connectivity index (χ2n) is 7.15. The Hall–Kier alpha value is -4.19. The van der Waals surface area contributed by atoms with Crippen molar-refractivity contribution in [2.24, 2.45) is 0 Å². The van der Waals surface area contributed by atoms with Crippen molar-refractivity contribution in [3.63, 3.8) is 0 Å². The van der Waals surface area contributed by atoms with E-state index in [0.29, 0.717) is 16.9 Å². The summed E-state index contributed by atoms with van der Waals surface area (Å²) in [5.74, 6) is -1.44. The Kier molecular flexibility index (Phi) is 4.17. The molecule has 0 unspecified atom stereocenters.